The number of carbonyl (C=O) groups is 1. The van der Waals surface area contributed by atoms with Crippen LogP contribution in [-0.4, -0.2) is 29.0 Å². The number of anilines is 2. The van der Waals surface area contributed by atoms with Crippen molar-refractivity contribution >= 4 is 40.7 Å². The molecule has 1 unspecified atom stereocenters. The number of nitrogens with one attached hydrogen (secondary N) is 1. The lowest BCUT2D eigenvalue weighted by Gasteiger charge is -2.30. The van der Waals surface area contributed by atoms with Crippen LogP contribution in [0.5, 0.6) is 0 Å². The van der Waals surface area contributed by atoms with E-state index in [2.05, 4.69) is 27.1 Å². The summed E-state index contributed by atoms with van der Waals surface area (Å²) in [6, 6.07) is 5.08. The number of nitrogens with zero attached hydrogens (tertiary/aromatic N) is 3. The van der Waals surface area contributed by atoms with Gasteiger partial charge in [0.05, 0.1) is 21.3 Å². The van der Waals surface area contributed by atoms with Crippen molar-refractivity contribution < 1.29 is 4.79 Å². The Morgan fingerprint density at radius 2 is 2.04 bits per heavy atom. The number of benzene rings is 1. The van der Waals surface area contributed by atoms with Crippen molar-refractivity contribution in [3.8, 4) is 0 Å². The lowest BCUT2D eigenvalue weighted by molar-refractivity contribution is 0.102. The van der Waals surface area contributed by atoms with Crippen molar-refractivity contribution in [3.63, 3.8) is 0 Å². The second-order valence-electron chi connectivity index (χ2n) is 6.02. The molecule has 1 amide bonds. The highest BCUT2D eigenvalue weighted by atomic mass is 35.5. The third-order valence-electron chi connectivity index (χ3n) is 4.04. The van der Waals surface area contributed by atoms with Crippen molar-refractivity contribution in [1.29, 1.82) is 0 Å². The summed E-state index contributed by atoms with van der Waals surface area (Å²) in [6.45, 7) is 4.13. The molecule has 1 N–H and O–H groups in total. The summed E-state index contributed by atoms with van der Waals surface area (Å²) >= 11 is 12.0. The standard InChI is InChI=1S/C17H18Cl2N4O/c1-11-4-3-7-23(10-11)17-20-8-12(9-21-17)16(24)22-14-6-2-5-13(18)15(14)19/h2,5-6,8-9,11H,3-4,7,10H2,1H3,(H,22,24). The molecule has 5 nitrogen and oxygen atoms in total. The van der Waals surface area contributed by atoms with Crippen LogP contribution >= 0.6 is 23.2 Å². The molecular weight excluding hydrogens is 347 g/mol. The predicted molar refractivity (Wildman–Crippen MR) is 97.1 cm³/mol. The number of aromatic nitrogens is 2. The molecule has 2 heterocycles. The van der Waals surface area contributed by atoms with E-state index < -0.39 is 0 Å². The molecule has 0 saturated carbocycles. The first kappa shape index (κ1) is 17.0. The van der Waals surface area contributed by atoms with Gasteiger partial charge in [-0.25, -0.2) is 9.97 Å². The van der Waals surface area contributed by atoms with Crippen molar-refractivity contribution in [2.24, 2.45) is 5.92 Å². The smallest absolute Gasteiger partial charge is 0.258 e. The van der Waals surface area contributed by atoms with Gasteiger partial charge < -0.3 is 10.2 Å². The Balaban J connectivity index is 1.71. The Hall–Kier alpha value is -1.85. The third kappa shape index (κ3) is 3.79. The summed E-state index contributed by atoms with van der Waals surface area (Å²) in [5, 5.41) is 3.43. The molecule has 1 atom stereocenters. The van der Waals surface area contributed by atoms with Crippen LogP contribution in [-0.2, 0) is 0 Å². The Labute approximate surface area is 151 Å². The normalized spacial score (nSPS) is 17.6. The van der Waals surface area contributed by atoms with E-state index in [-0.39, 0.29) is 5.91 Å². The fourth-order valence-corrected chi connectivity index (χ4v) is 3.12. The van der Waals surface area contributed by atoms with Crippen LogP contribution in [0.25, 0.3) is 0 Å². The van der Waals surface area contributed by atoms with E-state index >= 15 is 0 Å². The molecule has 24 heavy (non-hydrogen) atoms. The molecule has 126 valence electrons. The number of hydrogen-bond acceptors (Lipinski definition) is 4. The molecule has 2 aromatic rings. The average Bonchev–Trinajstić information content (AvgIpc) is 2.59. The second kappa shape index (κ2) is 7.36. The first-order chi connectivity index (χ1) is 11.5. The summed E-state index contributed by atoms with van der Waals surface area (Å²) in [4.78, 5) is 23.1. The van der Waals surface area contributed by atoms with Crippen LogP contribution in [0.3, 0.4) is 0 Å². The summed E-state index contributed by atoms with van der Waals surface area (Å²) in [6.07, 6.45) is 5.45. The van der Waals surface area contributed by atoms with Crippen LogP contribution in [0.2, 0.25) is 10.0 Å². The monoisotopic (exact) mass is 364 g/mol. The van der Waals surface area contributed by atoms with Crippen molar-refractivity contribution in [3.05, 3.63) is 46.2 Å². The fraction of sp³-hybridized carbons (Fsp3) is 0.353. The minimum Gasteiger partial charge on any atom is -0.341 e. The summed E-state index contributed by atoms with van der Waals surface area (Å²) in [7, 11) is 0. The maximum atomic E-state index is 12.3. The van der Waals surface area contributed by atoms with Crippen molar-refractivity contribution in [2.75, 3.05) is 23.3 Å². The molecule has 3 rings (SSSR count). The maximum absolute atomic E-state index is 12.3. The Kier molecular flexibility index (Phi) is 5.21. The summed E-state index contributed by atoms with van der Waals surface area (Å²) in [5.41, 5.74) is 0.836. The van der Waals surface area contributed by atoms with Gasteiger partial charge in [0, 0.05) is 25.5 Å². The Morgan fingerprint density at radius 1 is 1.29 bits per heavy atom. The number of piperidine rings is 1. The quantitative estimate of drug-likeness (QED) is 0.883. The van der Waals surface area contributed by atoms with Gasteiger partial charge in [0.1, 0.15) is 0 Å². The van der Waals surface area contributed by atoms with E-state index in [0.29, 0.717) is 33.2 Å². The average molecular weight is 365 g/mol. The van der Waals surface area contributed by atoms with Gasteiger partial charge in [0.15, 0.2) is 0 Å². The third-order valence-corrected chi connectivity index (χ3v) is 4.86. The molecule has 0 spiro atoms. The van der Waals surface area contributed by atoms with Crippen LogP contribution in [0.4, 0.5) is 11.6 Å². The van der Waals surface area contributed by atoms with Gasteiger partial charge in [-0.15, -0.1) is 0 Å². The number of halogens is 2. The highest BCUT2D eigenvalue weighted by Gasteiger charge is 2.19. The molecule has 1 aliphatic rings. The van der Waals surface area contributed by atoms with Gasteiger partial charge in [-0.3, -0.25) is 4.79 Å². The molecule has 1 aliphatic heterocycles. The zero-order valence-electron chi connectivity index (χ0n) is 13.3. The topological polar surface area (TPSA) is 58.1 Å². The lowest BCUT2D eigenvalue weighted by Crippen LogP contribution is -2.35. The van der Waals surface area contributed by atoms with Gasteiger partial charge in [-0.05, 0) is 30.9 Å². The first-order valence-electron chi connectivity index (χ1n) is 7.87. The SMILES string of the molecule is CC1CCCN(c2ncc(C(=O)Nc3cccc(Cl)c3Cl)cn2)C1. The van der Waals surface area contributed by atoms with E-state index in [1.807, 2.05) is 0 Å². The van der Waals surface area contributed by atoms with Gasteiger partial charge in [-0.1, -0.05) is 36.2 Å². The highest BCUT2D eigenvalue weighted by Crippen LogP contribution is 2.29. The molecule has 7 heteroatoms. The van der Waals surface area contributed by atoms with E-state index in [1.165, 1.54) is 18.8 Å². The molecule has 1 fully saturated rings. The van der Waals surface area contributed by atoms with Crippen molar-refractivity contribution in [1.82, 2.24) is 9.97 Å². The van der Waals surface area contributed by atoms with E-state index in [1.54, 1.807) is 18.2 Å². The second-order valence-corrected chi connectivity index (χ2v) is 6.81. The van der Waals surface area contributed by atoms with Gasteiger partial charge in [0.25, 0.3) is 5.91 Å². The van der Waals surface area contributed by atoms with Crippen molar-refractivity contribution in [2.45, 2.75) is 19.8 Å². The van der Waals surface area contributed by atoms with Crippen LogP contribution < -0.4 is 10.2 Å². The van der Waals surface area contributed by atoms with E-state index in [4.69, 9.17) is 23.2 Å². The number of amides is 1. The summed E-state index contributed by atoms with van der Waals surface area (Å²) < 4.78 is 0. The summed E-state index contributed by atoms with van der Waals surface area (Å²) in [5.74, 6) is 0.979. The first-order valence-corrected chi connectivity index (χ1v) is 8.62. The predicted octanol–water partition coefficient (Wildman–Crippen LogP) is 4.27. The van der Waals surface area contributed by atoms with Crippen LogP contribution in [0, 0.1) is 5.92 Å². The molecule has 1 aromatic carbocycles. The molecule has 0 bridgehead atoms. The van der Waals surface area contributed by atoms with E-state index in [0.717, 1.165) is 19.5 Å². The molecule has 0 aliphatic carbocycles. The van der Waals surface area contributed by atoms with Gasteiger partial charge in [-0.2, -0.15) is 0 Å². The fourth-order valence-electron chi connectivity index (χ4n) is 2.77. The minimum atomic E-state index is -0.322. The van der Waals surface area contributed by atoms with Gasteiger partial charge in [0.2, 0.25) is 5.95 Å². The van der Waals surface area contributed by atoms with Gasteiger partial charge >= 0.3 is 0 Å². The maximum Gasteiger partial charge on any atom is 0.258 e. The number of carbonyl (C=O) groups excluding carboxylic acids is 1. The largest absolute Gasteiger partial charge is 0.341 e. The minimum absolute atomic E-state index is 0.312. The number of rotatable bonds is 3. The molecular formula is C17H18Cl2N4O. The zero-order chi connectivity index (χ0) is 17.1. The Bertz CT molecular complexity index is 736. The van der Waals surface area contributed by atoms with Crippen LogP contribution in [0.1, 0.15) is 30.1 Å². The Morgan fingerprint density at radius 3 is 2.75 bits per heavy atom. The molecule has 1 aromatic heterocycles. The highest BCUT2D eigenvalue weighted by molar-refractivity contribution is 6.44. The zero-order valence-corrected chi connectivity index (χ0v) is 14.8. The molecule has 1 saturated heterocycles. The van der Waals surface area contributed by atoms with E-state index in [9.17, 15) is 4.79 Å². The lowest BCUT2D eigenvalue weighted by atomic mass is 10.0. The number of hydrogen-bond donors (Lipinski definition) is 1. The van der Waals surface area contributed by atoms with Crippen LogP contribution in [0.15, 0.2) is 30.6 Å². The molecule has 0 radical (unpaired) electrons.